The number of hydrogen-bond donors (Lipinski definition) is 1. The SMILES string of the molecule is CC=CC(=O)N(NC(=O)Cc1ccccc1)C1CC(=O)N(c2ccc(OCC)cc2)C1=O. The number of carbonyl (C=O) groups is 4. The molecular formula is C24H25N3O5. The number of rotatable bonds is 7. The molecule has 3 rings (SSSR count). The van der Waals surface area contributed by atoms with Crippen molar-refractivity contribution in [3.63, 3.8) is 0 Å². The summed E-state index contributed by atoms with van der Waals surface area (Å²) < 4.78 is 5.39. The molecule has 8 nitrogen and oxygen atoms in total. The van der Waals surface area contributed by atoms with E-state index in [0.717, 1.165) is 15.5 Å². The minimum atomic E-state index is -1.14. The lowest BCUT2D eigenvalue weighted by atomic mass is 10.1. The van der Waals surface area contributed by atoms with Crippen molar-refractivity contribution < 1.29 is 23.9 Å². The molecule has 1 heterocycles. The van der Waals surface area contributed by atoms with Crippen molar-refractivity contribution in [3.05, 3.63) is 72.3 Å². The molecule has 0 aromatic heterocycles. The second kappa shape index (κ2) is 10.4. The van der Waals surface area contributed by atoms with Crippen molar-refractivity contribution in [1.29, 1.82) is 0 Å². The average Bonchev–Trinajstić information content (AvgIpc) is 3.07. The Bertz CT molecular complexity index is 1020. The van der Waals surface area contributed by atoms with Gasteiger partial charge in [0.15, 0.2) is 0 Å². The first-order chi connectivity index (χ1) is 15.4. The fourth-order valence-electron chi connectivity index (χ4n) is 3.41. The Hall–Kier alpha value is -3.94. The van der Waals surface area contributed by atoms with Crippen molar-refractivity contribution in [3.8, 4) is 5.75 Å². The molecule has 0 saturated carbocycles. The zero-order valence-corrected chi connectivity index (χ0v) is 18.0. The lowest BCUT2D eigenvalue weighted by molar-refractivity contribution is -0.143. The molecule has 1 atom stereocenters. The van der Waals surface area contributed by atoms with Crippen LogP contribution in [-0.4, -0.2) is 41.3 Å². The molecule has 1 N–H and O–H groups in total. The van der Waals surface area contributed by atoms with Crippen LogP contribution in [0.4, 0.5) is 5.69 Å². The zero-order chi connectivity index (χ0) is 23.1. The van der Waals surface area contributed by atoms with Gasteiger partial charge in [0.05, 0.1) is 25.1 Å². The molecule has 0 spiro atoms. The van der Waals surface area contributed by atoms with Crippen LogP contribution in [0.5, 0.6) is 5.75 Å². The van der Waals surface area contributed by atoms with Gasteiger partial charge in [-0.15, -0.1) is 0 Å². The first-order valence-electron chi connectivity index (χ1n) is 10.3. The number of carbonyl (C=O) groups excluding carboxylic acids is 4. The van der Waals surface area contributed by atoms with Crippen molar-refractivity contribution in [2.45, 2.75) is 32.7 Å². The molecular weight excluding hydrogens is 410 g/mol. The Balaban J connectivity index is 1.80. The predicted molar refractivity (Wildman–Crippen MR) is 118 cm³/mol. The van der Waals surface area contributed by atoms with E-state index < -0.39 is 29.7 Å². The van der Waals surface area contributed by atoms with Gasteiger partial charge in [0, 0.05) is 6.08 Å². The molecule has 0 bridgehead atoms. The van der Waals surface area contributed by atoms with Crippen molar-refractivity contribution in [2.24, 2.45) is 0 Å². The van der Waals surface area contributed by atoms with Gasteiger partial charge in [0.25, 0.3) is 11.8 Å². The fraction of sp³-hybridized carbons (Fsp3) is 0.250. The van der Waals surface area contributed by atoms with Crippen LogP contribution in [0.3, 0.4) is 0 Å². The highest BCUT2D eigenvalue weighted by molar-refractivity contribution is 6.23. The Morgan fingerprint density at radius 3 is 2.44 bits per heavy atom. The van der Waals surface area contributed by atoms with Crippen LogP contribution in [0.2, 0.25) is 0 Å². The van der Waals surface area contributed by atoms with Gasteiger partial charge in [0.2, 0.25) is 11.8 Å². The lowest BCUT2D eigenvalue weighted by Gasteiger charge is -2.27. The van der Waals surface area contributed by atoms with E-state index in [9.17, 15) is 19.2 Å². The highest BCUT2D eigenvalue weighted by Crippen LogP contribution is 2.27. The third kappa shape index (κ3) is 5.21. The molecule has 32 heavy (non-hydrogen) atoms. The molecule has 166 valence electrons. The highest BCUT2D eigenvalue weighted by atomic mass is 16.5. The summed E-state index contributed by atoms with van der Waals surface area (Å²) >= 11 is 0. The van der Waals surface area contributed by atoms with Gasteiger partial charge >= 0.3 is 0 Å². The predicted octanol–water partition coefficient (Wildman–Crippen LogP) is 2.40. The summed E-state index contributed by atoms with van der Waals surface area (Å²) in [6.45, 7) is 4.00. The summed E-state index contributed by atoms with van der Waals surface area (Å²) in [4.78, 5) is 52.1. The third-order valence-corrected chi connectivity index (χ3v) is 4.84. The minimum Gasteiger partial charge on any atom is -0.494 e. The van der Waals surface area contributed by atoms with Crippen molar-refractivity contribution in [2.75, 3.05) is 11.5 Å². The van der Waals surface area contributed by atoms with Crippen molar-refractivity contribution in [1.82, 2.24) is 10.4 Å². The molecule has 1 saturated heterocycles. The number of allylic oxidation sites excluding steroid dienone is 1. The van der Waals surface area contributed by atoms with Crippen LogP contribution in [0.1, 0.15) is 25.8 Å². The second-order valence-electron chi connectivity index (χ2n) is 7.12. The molecule has 0 radical (unpaired) electrons. The lowest BCUT2D eigenvalue weighted by Crippen LogP contribution is -2.54. The number of nitrogens with zero attached hydrogens (tertiary/aromatic N) is 2. The Kier molecular flexibility index (Phi) is 7.38. The highest BCUT2D eigenvalue weighted by Gasteiger charge is 2.44. The number of imide groups is 1. The van der Waals surface area contributed by atoms with Gasteiger partial charge in [-0.3, -0.25) is 24.6 Å². The van der Waals surface area contributed by atoms with Crippen LogP contribution >= 0.6 is 0 Å². The maximum absolute atomic E-state index is 13.1. The van der Waals surface area contributed by atoms with Crippen LogP contribution in [0.15, 0.2) is 66.7 Å². The first kappa shape index (κ1) is 22.7. The fourth-order valence-corrected chi connectivity index (χ4v) is 3.41. The normalized spacial score (nSPS) is 15.8. The quantitative estimate of drug-likeness (QED) is 0.409. The third-order valence-electron chi connectivity index (χ3n) is 4.84. The van der Waals surface area contributed by atoms with E-state index in [4.69, 9.17) is 4.74 Å². The maximum atomic E-state index is 13.1. The number of ether oxygens (including phenoxy) is 1. The first-order valence-corrected chi connectivity index (χ1v) is 10.3. The van der Waals surface area contributed by atoms with Crippen LogP contribution < -0.4 is 15.1 Å². The maximum Gasteiger partial charge on any atom is 0.265 e. The topological polar surface area (TPSA) is 96.0 Å². The van der Waals surface area contributed by atoms with Crippen LogP contribution in [0, 0.1) is 0 Å². The van der Waals surface area contributed by atoms with E-state index >= 15 is 0 Å². The van der Waals surface area contributed by atoms with E-state index in [1.54, 1.807) is 55.5 Å². The molecule has 4 amide bonds. The summed E-state index contributed by atoms with van der Waals surface area (Å²) in [6.07, 6.45) is 2.53. The van der Waals surface area contributed by atoms with Gasteiger partial charge < -0.3 is 4.74 Å². The number of amides is 4. The van der Waals surface area contributed by atoms with Gasteiger partial charge in [-0.25, -0.2) is 9.91 Å². The molecule has 2 aromatic rings. The number of hydrogen-bond acceptors (Lipinski definition) is 5. The summed E-state index contributed by atoms with van der Waals surface area (Å²) in [5, 5.41) is 0.945. The largest absolute Gasteiger partial charge is 0.494 e. The summed E-state index contributed by atoms with van der Waals surface area (Å²) in [5.74, 6) is -1.48. The number of benzene rings is 2. The Morgan fingerprint density at radius 1 is 1.12 bits per heavy atom. The van der Waals surface area contributed by atoms with Crippen LogP contribution in [0.25, 0.3) is 0 Å². The van der Waals surface area contributed by atoms with Gasteiger partial charge in [-0.05, 0) is 43.7 Å². The summed E-state index contributed by atoms with van der Waals surface area (Å²) in [6, 6.07) is 14.4. The molecule has 0 aliphatic carbocycles. The molecule has 1 fully saturated rings. The smallest absolute Gasteiger partial charge is 0.265 e. The van der Waals surface area contributed by atoms with E-state index in [0.29, 0.717) is 18.0 Å². The van der Waals surface area contributed by atoms with Gasteiger partial charge in [-0.2, -0.15) is 0 Å². The Labute approximate surface area is 186 Å². The van der Waals surface area contributed by atoms with E-state index in [1.807, 2.05) is 13.0 Å². The molecule has 1 unspecified atom stereocenters. The summed E-state index contributed by atoms with van der Waals surface area (Å²) in [7, 11) is 0. The molecule has 8 heteroatoms. The standard InChI is InChI=1S/C24H25N3O5/c1-3-8-22(29)27(25-21(28)15-17-9-6-5-7-10-17)20-16-23(30)26(24(20)31)18-11-13-19(14-12-18)32-4-2/h3,5-14,20H,4,15-16H2,1-2H3,(H,25,28). The minimum absolute atomic E-state index is 0.0257. The molecule has 2 aromatic carbocycles. The monoisotopic (exact) mass is 435 g/mol. The van der Waals surface area contributed by atoms with E-state index in [-0.39, 0.29) is 12.8 Å². The number of hydrazine groups is 1. The van der Waals surface area contributed by atoms with E-state index in [2.05, 4.69) is 5.43 Å². The molecule has 1 aliphatic heterocycles. The number of anilines is 1. The van der Waals surface area contributed by atoms with Crippen LogP contribution in [-0.2, 0) is 25.6 Å². The van der Waals surface area contributed by atoms with E-state index in [1.165, 1.54) is 12.2 Å². The average molecular weight is 435 g/mol. The Morgan fingerprint density at radius 2 is 1.81 bits per heavy atom. The van der Waals surface area contributed by atoms with Gasteiger partial charge in [0.1, 0.15) is 11.8 Å². The second-order valence-corrected chi connectivity index (χ2v) is 7.12. The number of nitrogens with one attached hydrogen (secondary N) is 1. The summed E-state index contributed by atoms with van der Waals surface area (Å²) in [5.41, 5.74) is 3.65. The zero-order valence-electron chi connectivity index (χ0n) is 18.0. The van der Waals surface area contributed by atoms with Crippen molar-refractivity contribution >= 4 is 29.3 Å². The molecule has 1 aliphatic rings. The van der Waals surface area contributed by atoms with Gasteiger partial charge in [-0.1, -0.05) is 36.4 Å².